The van der Waals surface area contributed by atoms with E-state index in [9.17, 15) is 9.59 Å². The molecule has 132 valence electrons. The van der Waals surface area contributed by atoms with E-state index >= 15 is 0 Å². The molecule has 0 saturated heterocycles. The van der Waals surface area contributed by atoms with Crippen molar-refractivity contribution in [2.24, 2.45) is 5.92 Å². The van der Waals surface area contributed by atoms with Gasteiger partial charge in [0.2, 0.25) is 0 Å². The average Bonchev–Trinajstić information content (AvgIpc) is 2.65. The molecule has 0 bridgehead atoms. The van der Waals surface area contributed by atoms with Gasteiger partial charge >= 0.3 is 5.97 Å². The van der Waals surface area contributed by atoms with Crippen LogP contribution in [0.3, 0.4) is 0 Å². The first kappa shape index (κ1) is 18.3. The summed E-state index contributed by atoms with van der Waals surface area (Å²) in [6.45, 7) is 0.464. The molecule has 2 unspecified atom stereocenters. The van der Waals surface area contributed by atoms with E-state index in [2.05, 4.69) is 5.32 Å². The molecule has 1 aliphatic carbocycles. The molecule has 1 amide bonds. The number of esters is 1. The molecule has 1 fully saturated rings. The van der Waals surface area contributed by atoms with Crippen LogP contribution in [0.4, 0.5) is 0 Å². The van der Waals surface area contributed by atoms with Crippen molar-refractivity contribution in [3.63, 3.8) is 0 Å². The van der Waals surface area contributed by atoms with Crippen molar-refractivity contribution in [1.82, 2.24) is 5.32 Å². The van der Waals surface area contributed by atoms with E-state index in [1.807, 2.05) is 0 Å². The zero-order valence-corrected chi connectivity index (χ0v) is 14.2. The Kier molecular flexibility index (Phi) is 7.06. The Morgan fingerprint density at radius 3 is 2.58 bits per heavy atom. The third kappa shape index (κ3) is 5.23. The zero-order chi connectivity index (χ0) is 17.4. The highest BCUT2D eigenvalue weighted by molar-refractivity contribution is 5.94. The Hall–Kier alpha value is -2.08. The minimum Gasteiger partial charge on any atom is -0.497 e. The number of amides is 1. The molecule has 6 nitrogen and oxygen atoms in total. The summed E-state index contributed by atoms with van der Waals surface area (Å²) in [5, 5.41) is 2.73. The van der Waals surface area contributed by atoms with E-state index in [0.29, 0.717) is 17.7 Å². The van der Waals surface area contributed by atoms with Crippen molar-refractivity contribution in [2.75, 3.05) is 27.4 Å². The van der Waals surface area contributed by atoms with Gasteiger partial charge in [-0.3, -0.25) is 9.59 Å². The number of ether oxygens (including phenoxy) is 3. The number of hydrogen-bond acceptors (Lipinski definition) is 5. The fourth-order valence-electron chi connectivity index (χ4n) is 2.85. The van der Waals surface area contributed by atoms with Gasteiger partial charge in [0.05, 0.1) is 25.7 Å². The molecule has 2 atom stereocenters. The van der Waals surface area contributed by atoms with Crippen LogP contribution in [0.25, 0.3) is 0 Å². The summed E-state index contributed by atoms with van der Waals surface area (Å²) < 4.78 is 15.6. The summed E-state index contributed by atoms with van der Waals surface area (Å²) in [5.41, 5.74) is 0.539. The first-order valence-electron chi connectivity index (χ1n) is 8.25. The van der Waals surface area contributed by atoms with Crippen LogP contribution in [0.15, 0.2) is 24.3 Å². The molecular weight excluding hydrogens is 310 g/mol. The number of nitrogens with one attached hydrogen (secondary N) is 1. The van der Waals surface area contributed by atoms with Gasteiger partial charge in [0, 0.05) is 12.7 Å². The van der Waals surface area contributed by atoms with Gasteiger partial charge in [0.25, 0.3) is 5.91 Å². The minimum atomic E-state index is -0.203. The molecule has 1 aromatic rings. The number of carbonyl (C=O) groups excluding carboxylic acids is 2. The van der Waals surface area contributed by atoms with Gasteiger partial charge in [-0.2, -0.15) is 0 Å². The maximum absolute atomic E-state index is 12.0. The van der Waals surface area contributed by atoms with Crippen LogP contribution in [0.1, 0.15) is 36.0 Å². The Morgan fingerprint density at radius 1 is 1.17 bits per heavy atom. The summed E-state index contributed by atoms with van der Waals surface area (Å²) in [4.78, 5) is 24.0. The molecule has 0 aliphatic heterocycles. The third-order valence-electron chi connectivity index (χ3n) is 4.28. The number of hydrogen-bond donors (Lipinski definition) is 1. The molecule has 0 radical (unpaired) electrons. The van der Waals surface area contributed by atoms with E-state index < -0.39 is 0 Å². The second-order valence-corrected chi connectivity index (χ2v) is 5.87. The third-order valence-corrected chi connectivity index (χ3v) is 4.28. The lowest BCUT2D eigenvalue weighted by Gasteiger charge is -2.26. The summed E-state index contributed by atoms with van der Waals surface area (Å²) in [7, 11) is 3.25. The molecule has 2 rings (SSSR count). The monoisotopic (exact) mass is 335 g/mol. The highest BCUT2D eigenvalue weighted by Gasteiger charge is 2.28. The van der Waals surface area contributed by atoms with Crippen LogP contribution in [0.2, 0.25) is 0 Å². The van der Waals surface area contributed by atoms with E-state index in [-0.39, 0.29) is 37.0 Å². The van der Waals surface area contributed by atoms with Gasteiger partial charge < -0.3 is 19.5 Å². The van der Waals surface area contributed by atoms with Crippen molar-refractivity contribution in [2.45, 2.75) is 31.8 Å². The maximum atomic E-state index is 12.0. The second kappa shape index (κ2) is 9.27. The SMILES string of the molecule is COc1ccc(C(=O)NCCOC(=O)C2CCCC(OC)C2)cc1. The standard InChI is InChI=1S/C18H25NO5/c1-22-15-8-6-13(7-9-15)17(20)19-10-11-24-18(21)14-4-3-5-16(12-14)23-2/h6-9,14,16H,3-5,10-12H2,1-2H3,(H,19,20). The van der Waals surface area contributed by atoms with Crippen LogP contribution in [-0.2, 0) is 14.3 Å². The average molecular weight is 335 g/mol. The summed E-state index contributed by atoms with van der Waals surface area (Å²) in [6.07, 6.45) is 3.68. The largest absolute Gasteiger partial charge is 0.497 e. The molecule has 1 aromatic carbocycles. The maximum Gasteiger partial charge on any atom is 0.309 e. The Bertz CT molecular complexity index is 543. The van der Waals surface area contributed by atoms with E-state index in [0.717, 1.165) is 19.3 Å². The van der Waals surface area contributed by atoms with E-state index in [1.54, 1.807) is 38.5 Å². The molecular formula is C18H25NO5. The normalized spacial score (nSPS) is 20.2. The van der Waals surface area contributed by atoms with Gasteiger partial charge in [-0.1, -0.05) is 6.42 Å². The molecule has 1 aliphatic rings. The molecule has 0 heterocycles. The summed E-state index contributed by atoms with van der Waals surface area (Å²) >= 11 is 0. The fourth-order valence-corrected chi connectivity index (χ4v) is 2.85. The van der Waals surface area contributed by atoms with Gasteiger partial charge in [0.15, 0.2) is 0 Å². The lowest BCUT2D eigenvalue weighted by atomic mass is 9.87. The van der Waals surface area contributed by atoms with Crippen LogP contribution in [0.5, 0.6) is 5.75 Å². The molecule has 0 aromatic heterocycles. The summed E-state index contributed by atoms with van der Waals surface area (Å²) in [6, 6.07) is 6.83. The lowest BCUT2D eigenvalue weighted by Crippen LogP contribution is -2.31. The van der Waals surface area contributed by atoms with Crippen LogP contribution < -0.4 is 10.1 Å². The van der Waals surface area contributed by atoms with Crippen molar-refractivity contribution in [3.8, 4) is 5.75 Å². The predicted octanol–water partition coefficient (Wildman–Crippen LogP) is 2.17. The van der Waals surface area contributed by atoms with E-state index in [4.69, 9.17) is 14.2 Å². The van der Waals surface area contributed by atoms with Crippen molar-refractivity contribution in [1.29, 1.82) is 0 Å². The Balaban J connectivity index is 1.68. The number of methoxy groups -OCH3 is 2. The molecule has 1 saturated carbocycles. The molecule has 0 spiro atoms. The van der Waals surface area contributed by atoms with Gasteiger partial charge in [-0.25, -0.2) is 0 Å². The lowest BCUT2D eigenvalue weighted by molar-refractivity contribution is -0.151. The van der Waals surface area contributed by atoms with Gasteiger partial charge in [0.1, 0.15) is 12.4 Å². The number of benzene rings is 1. The first-order valence-corrected chi connectivity index (χ1v) is 8.25. The predicted molar refractivity (Wildman–Crippen MR) is 89.0 cm³/mol. The summed E-state index contributed by atoms with van der Waals surface area (Å²) in [5.74, 6) is 0.199. The highest BCUT2D eigenvalue weighted by atomic mass is 16.5. The molecule has 6 heteroatoms. The second-order valence-electron chi connectivity index (χ2n) is 5.87. The smallest absolute Gasteiger partial charge is 0.309 e. The quantitative estimate of drug-likeness (QED) is 0.611. The Morgan fingerprint density at radius 2 is 1.92 bits per heavy atom. The first-order chi connectivity index (χ1) is 11.6. The van der Waals surface area contributed by atoms with E-state index in [1.165, 1.54) is 0 Å². The van der Waals surface area contributed by atoms with Crippen molar-refractivity contribution < 1.29 is 23.8 Å². The zero-order valence-electron chi connectivity index (χ0n) is 14.2. The Labute approximate surface area is 142 Å². The molecule has 24 heavy (non-hydrogen) atoms. The van der Waals surface area contributed by atoms with Crippen LogP contribution >= 0.6 is 0 Å². The van der Waals surface area contributed by atoms with Crippen molar-refractivity contribution in [3.05, 3.63) is 29.8 Å². The highest BCUT2D eigenvalue weighted by Crippen LogP contribution is 2.26. The topological polar surface area (TPSA) is 73.9 Å². The van der Waals surface area contributed by atoms with Crippen LogP contribution in [-0.4, -0.2) is 45.4 Å². The van der Waals surface area contributed by atoms with Crippen molar-refractivity contribution >= 4 is 11.9 Å². The number of rotatable bonds is 7. The van der Waals surface area contributed by atoms with Crippen LogP contribution in [0, 0.1) is 5.92 Å². The minimum absolute atomic E-state index is 0.0963. The van der Waals surface area contributed by atoms with Gasteiger partial charge in [-0.05, 0) is 43.5 Å². The fraction of sp³-hybridized carbons (Fsp3) is 0.556. The number of carbonyl (C=O) groups is 2. The molecule has 1 N–H and O–H groups in total. The van der Waals surface area contributed by atoms with Gasteiger partial charge in [-0.15, -0.1) is 0 Å².